The van der Waals surface area contributed by atoms with Crippen molar-refractivity contribution in [1.82, 2.24) is 5.32 Å². The summed E-state index contributed by atoms with van der Waals surface area (Å²) in [6, 6.07) is 6.43. The van der Waals surface area contributed by atoms with Crippen molar-refractivity contribution in [3.8, 4) is 0 Å². The largest absolute Gasteiger partial charge is 0.481 e. The summed E-state index contributed by atoms with van der Waals surface area (Å²) in [5.74, 6) is -2.64. The first-order valence-electron chi connectivity index (χ1n) is 6.65. The standard InChI is InChI=1S/C15H18N2O4/c1-15(2)10(11(15)14(20)21)13(19)17-9-6-4-8(5-7-9)12(18)16-3/h4-7,10-11H,1-3H3,(H,16,18)(H,17,19)(H,20,21). The van der Waals surface area contributed by atoms with Crippen LogP contribution in [0.25, 0.3) is 0 Å². The number of carbonyl (C=O) groups is 3. The van der Waals surface area contributed by atoms with E-state index >= 15 is 0 Å². The van der Waals surface area contributed by atoms with Gasteiger partial charge in [0.1, 0.15) is 0 Å². The molecule has 2 unspecified atom stereocenters. The molecular formula is C15H18N2O4. The van der Waals surface area contributed by atoms with Crippen LogP contribution in [0.3, 0.4) is 0 Å². The number of amides is 2. The molecule has 112 valence electrons. The van der Waals surface area contributed by atoms with Crippen molar-refractivity contribution in [3.63, 3.8) is 0 Å². The molecule has 0 saturated heterocycles. The van der Waals surface area contributed by atoms with Crippen LogP contribution in [-0.2, 0) is 9.59 Å². The fourth-order valence-electron chi connectivity index (χ4n) is 2.66. The van der Waals surface area contributed by atoms with Gasteiger partial charge in [-0.05, 0) is 29.7 Å². The first kappa shape index (κ1) is 15.0. The number of nitrogens with one attached hydrogen (secondary N) is 2. The summed E-state index contributed by atoms with van der Waals surface area (Å²) in [4.78, 5) is 34.6. The first-order valence-corrected chi connectivity index (χ1v) is 6.65. The number of rotatable bonds is 4. The number of benzene rings is 1. The molecule has 1 aromatic rings. The molecule has 21 heavy (non-hydrogen) atoms. The fraction of sp³-hybridized carbons (Fsp3) is 0.400. The van der Waals surface area contributed by atoms with Gasteiger partial charge in [0.25, 0.3) is 5.91 Å². The Morgan fingerprint density at radius 1 is 1.10 bits per heavy atom. The van der Waals surface area contributed by atoms with Gasteiger partial charge in [-0.3, -0.25) is 14.4 Å². The van der Waals surface area contributed by atoms with Crippen LogP contribution in [0.2, 0.25) is 0 Å². The maximum Gasteiger partial charge on any atom is 0.307 e. The zero-order chi connectivity index (χ0) is 15.8. The number of hydrogen-bond acceptors (Lipinski definition) is 3. The van der Waals surface area contributed by atoms with Gasteiger partial charge in [-0.25, -0.2) is 0 Å². The maximum absolute atomic E-state index is 12.1. The highest BCUT2D eigenvalue weighted by atomic mass is 16.4. The quantitative estimate of drug-likeness (QED) is 0.779. The lowest BCUT2D eigenvalue weighted by molar-refractivity contribution is -0.140. The number of aliphatic carboxylic acids is 1. The summed E-state index contributed by atoms with van der Waals surface area (Å²) >= 11 is 0. The van der Waals surface area contributed by atoms with Crippen molar-refractivity contribution >= 4 is 23.5 Å². The van der Waals surface area contributed by atoms with Crippen LogP contribution in [0.1, 0.15) is 24.2 Å². The summed E-state index contributed by atoms with van der Waals surface area (Å²) in [7, 11) is 1.54. The van der Waals surface area contributed by atoms with Crippen LogP contribution < -0.4 is 10.6 Å². The summed E-state index contributed by atoms with van der Waals surface area (Å²) in [5, 5.41) is 14.3. The number of carboxylic acids is 1. The summed E-state index contributed by atoms with van der Waals surface area (Å²) in [5.41, 5.74) is 0.503. The number of hydrogen-bond donors (Lipinski definition) is 3. The summed E-state index contributed by atoms with van der Waals surface area (Å²) in [6.45, 7) is 3.54. The topological polar surface area (TPSA) is 95.5 Å². The van der Waals surface area contributed by atoms with Crippen LogP contribution in [0.15, 0.2) is 24.3 Å². The number of carboxylic acid groups (broad SMARTS) is 1. The molecule has 6 nitrogen and oxygen atoms in total. The molecule has 2 atom stereocenters. The maximum atomic E-state index is 12.1. The molecule has 0 radical (unpaired) electrons. The monoisotopic (exact) mass is 290 g/mol. The van der Waals surface area contributed by atoms with E-state index in [0.29, 0.717) is 11.3 Å². The highest BCUT2D eigenvalue weighted by molar-refractivity contribution is 6.00. The molecular weight excluding hydrogens is 272 g/mol. The van der Waals surface area contributed by atoms with E-state index in [1.54, 1.807) is 45.2 Å². The molecule has 2 rings (SSSR count). The lowest BCUT2D eigenvalue weighted by atomic mass is 10.1. The zero-order valence-electron chi connectivity index (χ0n) is 12.1. The Balaban J connectivity index is 2.04. The summed E-state index contributed by atoms with van der Waals surface area (Å²) in [6.07, 6.45) is 0. The summed E-state index contributed by atoms with van der Waals surface area (Å²) < 4.78 is 0. The van der Waals surface area contributed by atoms with Crippen molar-refractivity contribution in [3.05, 3.63) is 29.8 Å². The van der Waals surface area contributed by atoms with Crippen LogP contribution in [0.4, 0.5) is 5.69 Å². The number of carbonyl (C=O) groups excluding carboxylic acids is 2. The molecule has 3 N–H and O–H groups in total. The van der Waals surface area contributed by atoms with Crippen LogP contribution in [0, 0.1) is 17.3 Å². The highest BCUT2D eigenvalue weighted by Gasteiger charge is 2.65. The second-order valence-electron chi connectivity index (χ2n) is 5.76. The highest BCUT2D eigenvalue weighted by Crippen LogP contribution is 2.58. The minimum atomic E-state index is -0.949. The first-order chi connectivity index (χ1) is 9.78. The molecule has 0 aliphatic heterocycles. The van der Waals surface area contributed by atoms with E-state index < -0.39 is 23.2 Å². The van der Waals surface area contributed by atoms with Crippen molar-refractivity contribution in [2.45, 2.75) is 13.8 Å². The number of anilines is 1. The molecule has 1 aliphatic carbocycles. The third kappa shape index (κ3) is 2.74. The lowest BCUT2D eigenvalue weighted by Gasteiger charge is -2.07. The van der Waals surface area contributed by atoms with Crippen molar-refractivity contribution in [2.75, 3.05) is 12.4 Å². The van der Waals surface area contributed by atoms with Gasteiger partial charge in [0.05, 0.1) is 11.8 Å². The zero-order valence-corrected chi connectivity index (χ0v) is 12.1. The molecule has 0 bridgehead atoms. The second-order valence-corrected chi connectivity index (χ2v) is 5.76. The Morgan fingerprint density at radius 3 is 2.10 bits per heavy atom. The van der Waals surface area contributed by atoms with Gasteiger partial charge in [-0.2, -0.15) is 0 Å². The minimum absolute atomic E-state index is 0.206. The van der Waals surface area contributed by atoms with Gasteiger partial charge in [0.15, 0.2) is 0 Å². The molecule has 1 saturated carbocycles. The molecule has 0 spiro atoms. The van der Waals surface area contributed by atoms with Gasteiger partial charge >= 0.3 is 5.97 Å². The van der Waals surface area contributed by atoms with E-state index in [-0.39, 0.29) is 11.8 Å². The fourth-order valence-corrected chi connectivity index (χ4v) is 2.66. The SMILES string of the molecule is CNC(=O)c1ccc(NC(=O)C2C(C(=O)O)C2(C)C)cc1. The Hall–Kier alpha value is -2.37. The van der Waals surface area contributed by atoms with Crippen molar-refractivity contribution in [2.24, 2.45) is 17.3 Å². The molecule has 0 aromatic heterocycles. The second kappa shape index (κ2) is 5.20. The van der Waals surface area contributed by atoms with Crippen LogP contribution >= 0.6 is 0 Å². The lowest BCUT2D eigenvalue weighted by Crippen LogP contribution is -2.19. The van der Waals surface area contributed by atoms with Gasteiger partial charge < -0.3 is 15.7 Å². The predicted molar refractivity (Wildman–Crippen MR) is 76.9 cm³/mol. The van der Waals surface area contributed by atoms with Crippen LogP contribution in [0.5, 0.6) is 0 Å². The van der Waals surface area contributed by atoms with Crippen molar-refractivity contribution in [1.29, 1.82) is 0 Å². The Kier molecular flexibility index (Phi) is 3.72. The molecule has 1 fully saturated rings. The van der Waals surface area contributed by atoms with Gasteiger partial charge in [-0.1, -0.05) is 13.8 Å². The van der Waals surface area contributed by atoms with E-state index in [9.17, 15) is 14.4 Å². The normalized spacial score (nSPS) is 22.2. The van der Waals surface area contributed by atoms with Gasteiger partial charge in [0.2, 0.25) is 5.91 Å². The molecule has 1 aromatic carbocycles. The average molecular weight is 290 g/mol. The Morgan fingerprint density at radius 2 is 1.67 bits per heavy atom. The minimum Gasteiger partial charge on any atom is -0.481 e. The van der Waals surface area contributed by atoms with E-state index in [2.05, 4.69) is 10.6 Å². The van der Waals surface area contributed by atoms with E-state index in [1.807, 2.05) is 0 Å². The Bertz CT molecular complexity index is 592. The molecule has 2 amide bonds. The van der Waals surface area contributed by atoms with Gasteiger partial charge in [-0.15, -0.1) is 0 Å². The van der Waals surface area contributed by atoms with Crippen molar-refractivity contribution < 1.29 is 19.5 Å². The molecule has 1 aliphatic rings. The third-order valence-corrected chi connectivity index (χ3v) is 4.02. The molecule has 0 heterocycles. The van der Waals surface area contributed by atoms with E-state index in [1.165, 1.54) is 0 Å². The average Bonchev–Trinajstić information content (AvgIpc) is 3.02. The smallest absolute Gasteiger partial charge is 0.307 e. The van der Waals surface area contributed by atoms with E-state index in [4.69, 9.17) is 5.11 Å². The van der Waals surface area contributed by atoms with E-state index in [0.717, 1.165) is 0 Å². The van der Waals surface area contributed by atoms with Crippen LogP contribution in [-0.4, -0.2) is 29.9 Å². The van der Waals surface area contributed by atoms with Gasteiger partial charge in [0, 0.05) is 18.3 Å². The predicted octanol–water partition coefficient (Wildman–Crippen LogP) is 1.34. The third-order valence-electron chi connectivity index (χ3n) is 4.02. The Labute approximate surface area is 122 Å². The molecule has 6 heteroatoms.